The van der Waals surface area contributed by atoms with Gasteiger partial charge in [0.05, 0.1) is 13.2 Å². The average molecular weight is 502 g/mol. The zero-order chi connectivity index (χ0) is 25.3. The van der Waals surface area contributed by atoms with Crippen LogP contribution in [0.5, 0.6) is 17.4 Å². The van der Waals surface area contributed by atoms with Crippen LogP contribution >= 0.6 is 0 Å². The van der Waals surface area contributed by atoms with E-state index < -0.39 is 0 Å². The molecule has 8 heteroatoms. The SMILES string of the molecule is O=C(CCN1CCN(c2ccccn2)CC1)N1CCCCCOc2ccccc2Oc2ncccc2C1. The Morgan fingerprint density at radius 2 is 1.62 bits per heavy atom. The highest BCUT2D eigenvalue weighted by Crippen LogP contribution is 2.32. The van der Waals surface area contributed by atoms with E-state index in [9.17, 15) is 4.79 Å². The predicted molar refractivity (Wildman–Crippen MR) is 143 cm³/mol. The minimum absolute atomic E-state index is 0.175. The maximum atomic E-state index is 13.4. The second-order valence-corrected chi connectivity index (χ2v) is 9.51. The third-order valence-corrected chi connectivity index (χ3v) is 6.94. The van der Waals surface area contributed by atoms with E-state index in [0.717, 1.165) is 69.1 Å². The van der Waals surface area contributed by atoms with Crippen molar-refractivity contribution in [3.05, 3.63) is 72.6 Å². The molecule has 37 heavy (non-hydrogen) atoms. The Bertz CT molecular complexity index is 1150. The maximum absolute atomic E-state index is 13.4. The number of hydrogen-bond acceptors (Lipinski definition) is 7. The number of para-hydroxylation sites is 2. The lowest BCUT2D eigenvalue weighted by Gasteiger charge is -2.35. The van der Waals surface area contributed by atoms with Crippen molar-refractivity contribution in [2.45, 2.75) is 32.2 Å². The summed E-state index contributed by atoms with van der Waals surface area (Å²) in [5, 5.41) is 0. The first-order valence-corrected chi connectivity index (χ1v) is 13.3. The first-order chi connectivity index (χ1) is 18.3. The zero-order valence-electron chi connectivity index (χ0n) is 21.3. The number of pyridine rings is 2. The molecule has 2 aliphatic rings. The third kappa shape index (κ3) is 6.77. The van der Waals surface area contributed by atoms with Crippen molar-refractivity contribution in [2.24, 2.45) is 0 Å². The van der Waals surface area contributed by atoms with Gasteiger partial charge in [-0.25, -0.2) is 9.97 Å². The Labute approximate surface area is 218 Å². The monoisotopic (exact) mass is 501 g/mol. The Morgan fingerprint density at radius 1 is 0.811 bits per heavy atom. The molecule has 4 heterocycles. The summed E-state index contributed by atoms with van der Waals surface area (Å²) in [6.07, 6.45) is 6.94. The molecule has 0 bridgehead atoms. The van der Waals surface area contributed by atoms with Crippen LogP contribution in [-0.2, 0) is 11.3 Å². The number of benzene rings is 1. The molecule has 194 valence electrons. The number of ether oxygens (including phenoxy) is 2. The summed E-state index contributed by atoms with van der Waals surface area (Å²) in [5.41, 5.74) is 0.897. The minimum atomic E-state index is 0.175. The Balaban J connectivity index is 1.22. The summed E-state index contributed by atoms with van der Waals surface area (Å²) in [4.78, 5) is 29.0. The van der Waals surface area contributed by atoms with E-state index in [-0.39, 0.29) is 5.91 Å². The topological polar surface area (TPSA) is 71.0 Å². The highest BCUT2D eigenvalue weighted by molar-refractivity contribution is 5.76. The molecule has 0 N–H and O–H groups in total. The molecule has 5 rings (SSSR count). The van der Waals surface area contributed by atoms with Crippen molar-refractivity contribution in [1.29, 1.82) is 0 Å². The van der Waals surface area contributed by atoms with Crippen LogP contribution in [0, 0.1) is 0 Å². The molecule has 0 saturated carbocycles. The van der Waals surface area contributed by atoms with Crippen molar-refractivity contribution in [2.75, 3.05) is 50.8 Å². The fourth-order valence-corrected chi connectivity index (χ4v) is 4.81. The highest BCUT2D eigenvalue weighted by atomic mass is 16.5. The van der Waals surface area contributed by atoms with Gasteiger partial charge in [0.1, 0.15) is 5.82 Å². The number of rotatable bonds is 4. The summed E-state index contributed by atoms with van der Waals surface area (Å²) in [6.45, 7) is 6.31. The van der Waals surface area contributed by atoms with E-state index in [1.165, 1.54) is 0 Å². The van der Waals surface area contributed by atoms with E-state index in [0.29, 0.717) is 37.7 Å². The van der Waals surface area contributed by atoms with E-state index in [4.69, 9.17) is 9.47 Å². The van der Waals surface area contributed by atoms with Gasteiger partial charge in [-0.2, -0.15) is 0 Å². The van der Waals surface area contributed by atoms with Crippen molar-refractivity contribution >= 4 is 11.7 Å². The van der Waals surface area contributed by atoms with Gasteiger partial charge in [-0.15, -0.1) is 0 Å². The van der Waals surface area contributed by atoms with Crippen molar-refractivity contribution in [3.8, 4) is 17.4 Å². The molecule has 1 fully saturated rings. The summed E-state index contributed by atoms with van der Waals surface area (Å²) in [7, 11) is 0. The highest BCUT2D eigenvalue weighted by Gasteiger charge is 2.22. The molecule has 2 aromatic heterocycles. The van der Waals surface area contributed by atoms with Gasteiger partial charge in [-0.1, -0.05) is 24.3 Å². The molecule has 0 radical (unpaired) electrons. The summed E-state index contributed by atoms with van der Waals surface area (Å²) < 4.78 is 12.2. The summed E-state index contributed by atoms with van der Waals surface area (Å²) >= 11 is 0. The van der Waals surface area contributed by atoms with Gasteiger partial charge in [0, 0.05) is 63.6 Å². The fourth-order valence-electron chi connectivity index (χ4n) is 4.81. The quantitative estimate of drug-likeness (QED) is 0.526. The molecule has 0 spiro atoms. The van der Waals surface area contributed by atoms with Crippen LogP contribution in [0.2, 0.25) is 0 Å². The van der Waals surface area contributed by atoms with Gasteiger partial charge in [0.25, 0.3) is 0 Å². The molecule has 1 aromatic carbocycles. The van der Waals surface area contributed by atoms with E-state index in [2.05, 4.69) is 25.8 Å². The number of anilines is 1. The summed E-state index contributed by atoms with van der Waals surface area (Å²) in [5.74, 6) is 3.07. The second-order valence-electron chi connectivity index (χ2n) is 9.51. The first-order valence-electron chi connectivity index (χ1n) is 13.3. The largest absolute Gasteiger partial charge is 0.490 e. The lowest BCUT2D eigenvalue weighted by Crippen LogP contribution is -2.47. The Hall–Kier alpha value is -3.65. The zero-order valence-corrected chi connectivity index (χ0v) is 21.3. The van der Waals surface area contributed by atoms with Gasteiger partial charge < -0.3 is 19.3 Å². The molecular formula is C29H35N5O3. The third-order valence-electron chi connectivity index (χ3n) is 6.94. The molecule has 1 saturated heterocycles. The van der Waals surface area contributed by atoms with Gasteiger partial charge in [0.2, 0.25) is 11.8 Å². The van der Waals surface area contributed by atoms with Gasteiger partial charge >= 0.3 is 0 Å². The first kappa shape index (κ1) is 25.0. The van der Waals surface area contributed by atoms with Crippen LogP contribution in [0.25, 0.3) is 0 Å². The molecule has 0 atom stereocenters. The number of aromatic nitrogens is 2. The van der Waals surface area contributed by atoms with Crippen LogP contribution in [0.15, 0.2) is 67.0 Å². The van der Waals surface area contributed by atoms with Crippen LogP contribution in [-0.4, -0.2) is 71.6 Å². The molecule has 0 unspecified atom stereocenters. The van der Waals surface area contributed by atoms with Crippen LogP contribution in [0.3, 0.4) is 0 Å². The normalized spacial score (nSPS) is 17.2. The summed E-state index contributed by atoms with van der Waals surface area (Å²) in [6, 6.07) is 17.6. The van der Waals surface area contributed by atoms with Crippen molar-refractivity contribution in [3.63, 3.8) is 0 Å². The molecule has 8 nitrogen and oxygen atoms in total. The van der Waals surface area contributed by atoms with E-state index >= 15 is 0 Å². The number of fused-ring (bicyclic) bond motifs is 2. The fraction of sp³-hybridized carbons (Fsp3) is 0.414. The van der Waals surface area contributed by atoms with Crippen molar-refractivity contribution < 1.29 is 14.3 Å². The molecule has 0 aliphatic carbocycles. The van der Waals surface area contributed by atoms with E-state index in [1.807, 2.05) is 59.6 Å². The number of carbonyl (C=O) groups is 1. The number of carbonyl (C=O) groups excluding carboxylic acids is 1. The predicted octanol–water partition coefficient (Wildman–Crippen LogP) is 4.37. The number of nitrogens with zero attached hydrogens (tertiary/aromatic N) is 5. The van der Waals surface area contributed by atoms with Crippen LogP contribution < -0.4 is 14.4 Å². The van der Waals surface area contributed by atoms with Gasteiger partial charge in [-0.05, 0) is 49.6 Å². The van der Waals surface area contributed by atoms with E-state index in [1.54, 1.807) is 6.20 Å². The van der Waals surface area contributed by atoms with Crippen LogP contribution in [0.4, 0.5) is 5.82 Å². The Morgan fingerprint density at radius 3 is 2.46 bits per heavy atom. The van der Waals surface area contributed by atoms with Crippen LogP contribution in [0.1, 0.15) is 31.2 Å². The molecule has 2 aliphatic heterocycles. The van der Waals surface area contributed by atoms with Gasteiger partial charge in [0.15, 0.2) is 11.5 Å². The maximum Gasteiger partial charge on any atom is 0.224 e. The molecular weight excluding hydrogens is 466 g/mol. The number of piperazine rings is 1. The Kier molecular flexibility index (Phi) is 8.48. The van der Waals surface area contributed by atoms with Gasteiger partial charge in [-0.3, -0.25) is 9.69 Å². The lowest BCUT2D eigenvalue weighted by atomic mass is 10.2. The number of hydrogen-bond donors (Lipinski definition) is 0. The van der Waals surface area contributed by atoms with Crippen molar-refractivity contribution in [1.82, 2.24) is 19.8 Å². The lowest BCUT2D eigenvalue weighted by molar-refractivity contribution is -0.132. The average Bonchev–Trinajstić information content (AvgIpc) is 2.96. The standard InChI is InChI=1S/C29H35N5O3/c35-28(13-17-32-18-20-33(21-19-32)27-12-4-5-14-30-27)34-16-6-1-7-22-36-25-10-2-3-11-26(25)37-29-24(23-34)9-8-15-31-29/h2-5,8-12,14-15H,1,6-7,13,16-23H2. The molecule has 3 aromatic rings. The second kappa shape index (κ2) is 12.5. The smallest absolute Gasteiger partial charge is 0.224 e. The number of amides is 1. The molecule has 1 amide bonds. The minimum Gasteiger partial charge on any atom is -0.490 e.